The summed E-state index contributed by atoms with van der Waals surface area (Å²) in [6.45, 7) is 3.51. The topological polar surface area (TPSA) is 124 Å². The van der Waals surface area contributed by atoms with Gasteiger partial charge in [0.05, 0.1) is 6.42 Å². The first kappa shape index (κ1) is 17.7. The van der Waals surface area contributed by atoms with Crippen molar-refractivity contribution in [2.75, 3.05) is 0 Å². The number of hydrogen-bond acceptors (Lipinski definition) is 6. The number of carboxylic acids is 2. The van der Waals surface area contributed by atoms with Gasteiger partial charge in [-0.1, -0.05) is 0 Å². The SMILES string of the molecule is CC1(C)S[C@@H]2C(NC(=O)Cc3ccsc3C(=O)O)C(=O)N2C1C(=O)O. The molecule has 3 N–H and O–H groups in total. The molecule has 2 unspecified atom stereocenters. The molecule has 134 valence electrons. The van der Waals surface area contributed by atoms with Crippen molar-refractivity contribution in [1.82, 2.24) is 10.2 Å². The second-order valence-corrected chi connectivity index (χ2v) is 9.09. The average molecular weight is 384 g/mol. The largest absolute Gasteiger partial charge is 0.480 e. The molecule has 2 fully saturated rings. The molecule has 25 heavy (non-hydrogen) atoms. The highest BCUT2D eigenvalue weighted by molar-refractivity contribution is 8.01. The van der Waals surface area contributed by atoms with Gasteiger partial charge >= 0.3 is 11.9 Å². The molecule has 1 aromatic heterocycles. The van der Waals surface area contributed by atoms with Crippen molar-refractivity contribution in [3.05, 3.63) is 21.9 Å². The number of carboxylic acid groups (broad SMARTS) is 2. The van der Waals surface area contributed by atoms with E-state index in [0.717, 1.165) is 11.3 Å². The zero-order valence-corrected chi connectivity index (χ0v) is 15.0. The normalized spacial score (nSPS) is 26.7. The van der Waals surface area contributed by atoms with Crippen LogP contribution in [0.15, 0.2) is 11.4 Å². The van der Waals surface area contributed by atoms with Crippen LogP contribution in [0.5, 0.6) is 0 Å². The van der Waals surface area contributed by atoms with Gasteiger partial charge in [-0.15, -0.1) is 23.1 Å². The highest BCUT2D eigenvalue weighted by atomic mass is 32.2. The number of hydrogen-bond donors (Lipinski definition) is 3. The lowest BCUT2D eigenvalue weighted by Crippen LogP contribution is -2.70. The Morgan fingerprint density at radius 2 is 2.00 bits per heavy atom. The maximum Gasteiger partial charge on any atom is 0.346 e. The lowest BCUT2D eigenvalue weighted by atomic mass is 9.96. The quantitative estimate of drug-likeness (QED) is 0.636. The van der Waals surface area contributed by atoms with Crippen LogP contribution in [-0.4, -0.2) is 61.1 Å². The van der Waals surface area contributed by atoms with Gasteiger partial charge in [-0.25, -0.2) is 9.59 Å². The van der Waals surface area contributed by atoms with Crippen molar-refractivity contribution in [3.63, 3.8) is 0 Å². The number of aliphatic carboxylic acids is 1. The van der Waals surface area contributed by atoms with Crippen molar-refractivity contribution in [2.45, 2.75) is 42.5 Å². The number of nitrogens with zero attached hydrogens (tertiary/aromatic N) is 1. The molecule has 2 aliphatic rings. The summed E-state index contributed by atoms with van der Waals surface area (Å²) < 4.78 is -0.657. The van der Waals surface area contributed by atoms with E-state index in [4.69, 9.17) is 5.11 Å². The van der Waals surface area contributed by atoms with Crippen LogP contribution >= 0.6 is 23.1 Å². The average Bonchev–Trinajstić information content (AvgIpc) is 3.05. The summed E-state index contributed by atoms with van der Waals surface area (Å²) in [5.74, 6) is -3.05. The molecule has 2 saturated heterocycles. The zero-order valence-electron chi connectivity index (χ0n) is 13.4. The van der Waals surface area contributed by atoms with E-state index in [-0.39, 0.29) is 11.3 Å². The van der Waals surface area contributed by atoms with Crippen LogP contribution in [-0.2, 0) is 20.8 Å². The predicted octanol–water partition coefficient (Wildman–Crippen LogP) is 0.620. The number of nitrogens with one attached hydrogen (secondary N) is 1. The Morgan fingerprint density at radius 3 is 2.60 bits per heavy atom. The van der Waals surface area contributed by atoms with Gasteiger partial charge in [0.15, 0.2) is 0 Å². The summed E-state index contributed by atoms with van der Waals surface area (Å²) in [5, 5.41) is 22.2. The molecular weight excluding hydrogens is 368 g/mol. The van der Waals surface area contributed by atoms with Crippen LogP contribution in [0.3, 0.4) is 0 Å². The van der Waals surface area contributed by atoms with Crippen molar-refractivity contribution < 1.29 is 29.4 Å². The molecule has 8 nitrogen and oxygen atoms in total. The predicted molar refractivity (Wildman–Crippen MR) is 90.6 cm³/mol. The minimum atomic E-state index is -1.10. The number of β-lactam (4-membered cyclic amide) rings is 1. The highest BCUT2D eigenvalue weighted by Gasteiger charge is 2.64. The molecule has 3 rings (SSSR count). The molecule has 0 aromatic carbocycles. The first-order valence-corrected chi connectivity index (χ1v) is 9.21. The lowest BCUT2D eigenvalue weighted by Gasteiger charge is -2.43. The molecular formula is C15H16N2O6S2. The molecule has 3 heterocycles. The molecule has 0 aliphatic carbocycles. The summed E-state index contributed by atoms with van der Waals surface area (Å²) >= 11 is 2.37. The van der Waals surface area contributed by atoms with Gasteiger partial charge in [0.1, 0.15) is 22.3 Å². The van der Waals surface area contributed by atoms with Crippen molar-refractivity contribution in [1.29, 1.82) is 0 Å². The van der Waals surface area contributed by atoms with Crippen LogP contribution < -0.4 is 5.32 Å². The summed E-state index contributed by atoms with van der Waals surface area (Å²) in [6.07, 6.45) is -0.141. The summed E-state index contributed by atoms with van der Waals surface area (Å²) in [7, 11) is 0. The number of thioether (sulfide) groups is 1. The van der Waals surface area contributed by atoms with Crippen molar-refractivity contribution >= 4 is 46.9 Å². The van der Waals surface area contributed by atoms with Gasteiger partial charge < -0.3 is 20.4 Å². The molecule has 0 saturated carbocycles. The van der Waals surface area contributed by atoms with E-state index in [2.05, 4.69) is 5.32 Å². The highest BCUT2D eigenvalue weighted by Crippen LogP contribution is 2.50. The molecule has 2 aliphatic heterocycles. The number of thiophene rings is 1. The molecule has 10 heteroatoms. The third-order valence-electron chi connectivity index (χ3n) is 4.28. The summed E-state index contributed by atoms with van der Waals surface area (Å²) in [4.78, 5) is 48.4. The molecule has 0 spiro atoms. The fourth-order valence-corrected chi connectivity index (χ4v) is 5.59. The van der Waals surface area contributed by atoms with Crippen LogP contribution in [0.1, 0.15) is 29.1 Å². The van der Waals surface area contributed by atoms with E-state index in [1.165, 1.54) is 16.7 Å². The van der Waals surface area contributed by atoms with E-state index in [1.54, 1.807) is 25.3 Å². The van der Waals surface area contributed by atoms with Gasteiger partial charge in [-0.2, -0.15) is 0 Å². The minimum absolute atomic E-state index is 0.0963. The Bertz CT molecular complexity index is 774. The number of aromatic carboxylic acids is 1. The Labute approximate surface area is 151 Å². The molecule has 0 bridgehead atoms. The van der Waals surface area contributed by atoms with Crippen LogP contribution in [0, 0.1) is 0 Å². The van der Waals surface area contributed by atoms with E-state index in [0.29, 0.717) is 5.56 Å². The van der Waals surface area contributed by atoms with Gasteiger partial charge in [-0.05, 0) is 30.9 Å². The monoisotopic (exact) mass is 384 g/mol. The summed E-state index contributed by atoms with van der Waals surface area (Å²) in [6, 6.07) is -0.150. The molecule has 3 atom stereocenters. The Balaban J connectivity index is 1.68. The minimum Gasteiger partial charge on any atom is -0.480 e. The van der Waals surface area contributed by atoms with E-state index in [1.807, 2.05) is 0 Å². The van der Waals surface area contributed by atoms with E-state index < -0.39 is 46.0 Å². The second-order valence-electron chi connectivity index (χ2n) is 6.40. The fourth-order valence-electron chi connectivity index (χ4n) is 3.21. The first-order valence-electron chi connectivity index (χ1n) is 7.45. The number of carbonyl (C=O) groups is 4. The number of fused-ring (bicyclic) bond motifs is 1. The molecule has 1 aromatic rings. The van der Waals surface area contributed by atoms with Crippen molar-refractivity contribution in [2.24, 2.45) is 0 Å². The van der Waals surface area contributed by atoms with Gasteiger partial charge in [0.25, 0.3) is 0 Å². The third kappa shape index (κ3) is 2.89. The third-order valence-corrected chi connectivity index (χ3v) is 6.80. The van der Waals surface area contributed by atoms with E-state index >= 15 is 0 Å². The first-order chi connectivity index (χ1) is 11.6. The van der Waals surface area contributed by atoms with Crippen LogP contribution in [0.2, 0.25) is 0 Å². The molecule has 0 radical (unpaired) electrons. The van der Waals surface area contributed by atoms with Gasteiger partial charge in [0, 0.05) is 4.75 Å². The Hall–Kier alpha value is -2.07. The maximum atomic E-state index is 12.3. The van der Waals surface area contributed by atoms with Gasteiger partial charge in [-0.3, -0.25) is 9.59 Å². The maximum absolute atomic E-state index is 12.3. The van der Waals surface area contributed by atoms with E-state index in [9.17, 15) is 24.3 Å². The number of carbonyl (C=O) groups excluding carboxylic acids is 2. The fraction of sp³-hybridized carbons (Fsp3) is 0.467. The van der Waals surface area contributed by atoms with Crippen molar-refractivity contribution in [3.8, 4) is 0 Å². The summed E-state index contributed by atoms with van der Waals surface area (Å²) in [5.41, 5.74) is 0.390. The number of rotatable bonds is 5. The Morgan fingerprint density at radius 1 is 1.32 bits per heavy atom. The smallest absolute Gasteiger partial charge is 0.346 e. The lowest BCUT2D eigenvalue weighted by molar-refractivity contribution is -0.161. The van der Waals surface area contributed by atoms with Gasteiger partial charge in [0.2, 0.25) is 11.8 Å². The number of amides is 2. The molecule has 2 amide bonds. The zero-order chi connectivity index (χ0) is 18.5. The Kier molecular flexibility index (Phi) is 4.28. The second kappa shape index (κ2) is 6.03. The van der Waals surface area contributed by atoms with Crippen LogP contribution in [0.4, 0.5) is 0 Å². The standard InChI is InChI=1S/C15H16N2O6S2/c1-15(2)10(14(22)23)17-11(19)8(12(17)25-15)16-7(18)5-6-3-4-24-9(6)13(20)21/h3-4,8,10,12H,5H2,1-2H3,(H,16,18)(H,20,21)(H,22,23)/t8?,10?,12-/m1/s1. The van der Waals surface area contributed by atoms with Crippen LogP contribution in [0.25, 0.3) is 0 Å².